The largest absolute Gasteiger partial charge is 0.326 e. The van der Waals surface area contributed by atoms with E-state index in [0.717, 1.165) is 11.3 Å². The molecule has 2 aromatic rings. The van der Waals surface area contributed by atoms with E-state index in [9.17, 15) is 10.1 Å². The minimum atomic E-state index is -0.476. The van der Waals surface area contributed by atoms with Crippen LogP contribution < -0.4 is 5.73 Å². The number of hydrogen-bond donors (Lipinski definition) is 1. The Morgan fingerprint density at radius 2 is 2.31 bits per heavy atom. The summed E-state index contributed by atoms with van der Waals surface area (Å²) >= 11 is 0. The predicted molar refractivity (Wildman–Crippen MR) is 58.1 cm³/mol. The van der Waals surface area contributed by atoms with Crippen LogP contribution in [0.1, 0.15) is 5.56 Å². The number of aromatic nitrogens is 2. The van der Waals surface area contributed by atoms with Gasteiger partial charge in [-0.3, -0.25) is 10.1 Å². The summed E-state index contributed by atoms with van der Waals surface area (Å²) < 4.78 is 1.46. The van der Waals surface area contributed by atoms with E-state index in [2.05, 4.69) is 5.10 Å². The molecule has 1 aromatic heterocycles. The third-order valence-corrected chi connectivity index (χ3v) is 2.19. The molecule has 0 aliphatic heterocycles. The van der Waals surface area contributed by atoms with Gasteiger partial charge in [-0.1, -0.05) is 12.1 Å². The predicted octanol–water partition coefficient (Wildman–Crippen LogP) is 1.24. The lowest BCUT2D eigenvalue weighted by atomic mass is 10.2. The van der Waals surface area contributed by atoms with Crippen LogP contribution in [0.3, 0.4) is 0 Å². The van der Waals surface area contributed by atoms with Gasteiger partial charge in [-0.05, 0) is 17.7 Å². The van der Waals surface area contributed by atoms with Crippen LogP contribution in [0.15, 0.2) is 36.7 Å². The molecule has 6 nitrogen and oxygen atoms in total. The average molecular weight is 218 g/mol. The summed E-state index contributed by atoms with van der Waals surface area (Å²) in [6, 6.07) is 7.39. The van der Waals surface area contributed by atoms with Gasteiger partial charge in [0.25, 0.3) is 0 Å². The van der Waals surface area contributed by atoms with Crippen molar-refractivity contribution in [3.05, 3.63) is 52.3 Å². The lowest BCUT2D eigenvalue weighted by molar-refractivity contribution is -0.384. The highest BCUT2D eigenvalue weighted by Gasteiger charge is 2.09. The van der Waals surface area contributed by atoms with Crippen LogP contribution in [-0.2, 0) is 6.54 Å². The Labute approximate surface area is 91.5 Å². The quantitative estimate of drug-likeness (QED) is 0.620. The molecule has 6 heteroatoms. The molecule has 1 aromatic carbocycles. The summed E-state index contributed by atoms with van der Waals surface area (Å²) in [5, 5.41) is 14.4. The molecule has 0 bridgehead atoms. The summed E-state index contributed by atoms with van der Waals surface area (Å²) in [5.41, 5.74) is 7.20. The van der Waals surface area contributed by atoms with E-state index in [0.29, 0.717) is 6.54 Å². The Morgan fingerprint density at radius 1 is 1.50 bits per heavy atom. The molecular formula is C10H10N4O2. The molecule has 1 heterocycles. The van der Waals surface area contributed by atoms with Gasteiger partial charge in [-0.2, -0.15) is 5.10 Å². The van der Waals surface area contributed by atoms with Gasteiger partial charge in [0.1, 0.15) is 12.4 Å². The third-order valence-electron chi connectivity index (χ3n) is 2.19. The number of benzene rings is 1. The van der Waals surface area contributed by atoms with Crippen LogP contribution in [-0.4, -0.2) is 14.7 Å². The molecule has 2 N–H and O–H groups in total. The van der Waals surface area contributed by atoms with Crippen molar-refractivity contribution >= 4 is 5.69 Å². The van der Waals surface area contributed by atoms with Crippen LogP contribution >= 0.6 is 0 Å². The first-order chi connectivity index (χ1) is 7.70. The normalized spacial score (nSPS) is 10.3. The Balaban J connectivity index is 2.38. The lowest BCUT2D eigenvalue weighted by Gasteiger charge is -2.02. The monoisotopic (exact) mass is 218 g/mol. The molecule has 0 saturated carbocycles. The smallest absolute Gasteiger partial charge is 0.307 e. The van der Waals surface area contributed by atoms with Crippen molar-refractivity contribution in [3.63, 3.8) is 0 Å². The van der Waals surface area contributed by atoms with E-state index in [1.807, 2.05) is 24.3 Å². The SMILES string of the molecule is NCc1cccc(-n2cc([N+](=O)[O-])cn2)c1. The molecule has 2 rings (SSSR count). The molecule has 16 heavy (non-hydrogen) atoms. The van der Waals surface area contributed by atoms with Crippen molar-refractivity contribution in [3.8, 4) is 5.69 Å². The lowest BCUT2D eigenvalue weighted by Crippen LogP contribution is -1.99. The first kappa shape index (κ1) is 10.3. The van der Waals surface area contributed by atoms with Gasteiger partial charge in [-0.25, -0.2) is 4.68 Å². The van der Waals surface area contributed by atoms with Gasteiger partial charge in [0, 0.05) is 6.54 Å². The van der Waals surface area contributed by atoms with Crippen molar-refractivity contribution in [2.45, 2.75) is 6.54 Å². The number of nitrogens with zero attached hydrogens (tertiary/aromatic N) is 3. The first-order valence-corrected chi connectivity index (χ1v) is 4.69. The fourth-order valence-electron chi connectivity index (χ4n) is 1.37. The summed E-state index contributed by atoms with van der Waals surface area (Å²) in [6.45, 7) is 0.428. The molecule has 82 valence electrons. The Hall–Kier alpha value is -2.21. The standard InChI is InChI=1S/C10H10N4O2/c11-5-8-2-1-3-9(4-8)13-7-10(6-12-13)14(15)16/h1-4,6-7H,5,11H2. The molecule has 0 spiro atoms. The highest BCUT2D eigenvalue weighted by molar-refractivity contribution is 5.37. The molecule has 0 unspecified atom stereocenters. The summed E-state index contributed by atoms with van der Waals surface area (Å²) in [6.07, 6.45) is 2.59. The van der Waals surface area contributed by atoms with Gasteiger partial charge in [0.15, 0.2) is 0 Å². The summed E-state index contributed by atoms with van der Waals surface area (Å²) in [7, 11) is 0. The minimum Gasteiger partial charge on any atom is -0.326 e. The zero-order chi connectivity index (χ0) is 11.5. The van der Waals surface area contributed by atoms with Crippen LogP contribution in [0.5, 0.6) is 0 Å². The van der Waals surface area contributed by atoms with Crippen LogP contribution in [0.2, 0.25) is 0 Å². The van der Waals surface area contributed by atoms with Crippen molar-refractivity contribution in [1.82, 2.24) is 9.78 Å². The van der Waals surface area contributed by atoms with E-state index in [1.54, 1.807) is 0 Å². The summed E-state index contributed by atoms with van der Waals surface area (Å²) in [5.74, 6) is 0. The van der Waals surface area contributed by atoms with Crippen LogP contribution in [0, 0.1) is 10.1 Å². The maximum atomic E-state index is 10.5. The Kier molecular flexibility index (Phi) is 2.65. The second kappa shape index (κ2) is 4.11. The molecular weight excluding hydrogens is 208 g/mol. The van der Waals surface area contributed by atoms with Crippen molar-refractivity contribution in [2.24, 2.45) is 5.73 Å². The fourth-order valence-corrected chi connectivity index (χ4v) is 1.37. The third kappa shape index (κ3) is 1.91. The zero-order valence-electron chi connectivity index (χ0n) is 8.41. The number of nitro groups is 1. The van der Waals surface area contributed by atoms with Gasteiger partial charge >= 0.3 is 5.69 Å². The molecule has 0 amide bonds. The van der Waals surface area contributed by atoms with Crippen LogP contribution in [0.25, 0.3) is 5.69 Å². The van der Waals surface area contributed by atoms with Crippen molar-refractivity contribution in [1.29, 1.82) is 0 Å². The molecule has 0 atom stereocenters. The number of nitrogens with two attached hydrogens (primary N) is 1. The summed E-state index contributed by atoms with van der Waals surface area (Å²) in [4.78, 5) is 10.0. The maximum absolute atomic E-state index is 10.5. The van der Waals surface area contributed by atoms with Crippen molar-refractivity contribution < 1.29 is 4.92 Å². The van der Waals surface area contributed by atoms with E-state index < -0.39 is 4.92 Å². The van der Waals surface area contributed by atoms with Crippen LogP contribution in [0.4, 0.5) is 5.69 Å². The maximum Gasteiger partial charge on any atom is 0.307 e. The second-order valence-electron chi connectivity index (χ2n) is 3.27. The molecule has 0 saturated heterocycles. The first-order valence-electron chi connectivity index (χ1n) is 4.69. The molecule has 0 aliphatic carbocycles. The van der Waals surface area contributed by atoms with E-state index in [1.165, 1.54) is 17.1 Å². The highest BCUT2D eigenvalue weighted by atomic mass is 16.6. The molecule has 0 aliphatic rings. The second-order valence-corrected chi connectivity index (χ2v) is 3.27. The number of hydrogen-bond acceptors (Lipinski definition) is 4. The van der Waals surface area contributed by atoms with E-state index >= 15 is 0 Å². The zero-order valence-corrected chi connectivity index (χ0v) is 8.41. The Morgan fingerprint density at radius 3 is 2.94 bits per heavy atom. The van der Waals surface area contributed by atoms with Gasteiger partial charge in [-0.15, -0.1) is 0 Å². The average Bonchev–Trinajstić information content (AvgIpc) is 2.78. The van der Waals surface area contributed by atoms with E-state index in [4.69, 9.17) is 5.73 Å². The topological polar surface area (TPSA) is 87.0 Å². The van der Waals surface area contributed by atoms with Gasteiger partial charge < -0.3 is 5.73 Å². The fraction of sp³-hybridized carbons (Fsp3) is 0.100. The molecule has 0 fully saturated rings. The van der Waals surface area contributed by atoms with E-state index in [-0.39, 0.29) is 5.69 Å². The van der Waals surface area contributed by atoms with Gasteiger partial charge in [0.05, 0.1) is 10.6 Å². The van der Waals surface area contributed by atoms with Crippen molar-refractivity contribution in [2.75, 3.05) is 0 Å². The number of rotatable bonds is 3. The Bertz CT molecular complexity index is 521. The molecule has 0 radical (unpaired) electrons. The highest BCUT2D eigenvalue weighted by Crippen LogP contribution is 2.14. The van der Waals surface area contributed by atoms with Gasteiger partial charge in [0.2, 0.25) is 0 Å². The minimum absolute atomic E-state index is 0.0295.